The summed E-state index contributed by atoms with van der Waals surface area (Å²) in [5, 5.41) is 0. The summed E-state index contributed by atoms with van der Waals surface area (Å²) in [6.07, 6.45) is 3.04. The summed E-state index contributed by atoms with van der Waals surface area (Å²) >= 11 is 5.50. The highest BCUT2D eigenvalue weighted by atomic mass is 32.1. The first-order valence-electron chi connectivity index (χ1n) is 6.76. The van der Waals surface area contributed by atoms with Crippen LogP contribution in [0.1, 0.15) is 44.5 Å². The topological polar surface area (TPSA) is 20.7 Å². The summed E-state index contributed by atoms with van der Waals surface area (Å²) in [6.45, 7) is 11.0. The lowest BCUT2D eigenvalue weighted by molar-refractivity contribution is 0.555. The van der Waals surface area contributed by atoms with Crippen molar-refractivity contribution in [3.8, 4) is 5.69 Å². The Balaban J connectivity index is 2.80. The molecule has 0 saturated heterocycles. The molecule has 2 aromatic rings. The summed E-state index contributed by atoms with van der Waals surface area (Å²) in [6, 6.07) is 6.45. The molecule has 1 N–H and O–H groups in total. The molecule has 1 heterocycles. The van der Waals surface area contributed by atoms with Crippen molar-refractivity contribution in [1.82, 2.24) is 9.55 Å². The Morgan fingerprint density at radius 2 is 1.95 bits per heavy atom. The minimum absolute atomic E-state index is 0.0564. The quantitative estimate of drug-likeness (QED) is 0.787. The number of H-pyrrole nitrogens is 1. The van der Waals surface area contributed by atoms with Gasteiger partial charge < -0.3 is 4.98 Å². The van der Waals surface area contributed by atoms with Gasteiger partial charge in [-0.25, -0.2) is 0 Å². The van der Waals surface area contributed by atoms with Gasteiger partial charge in [0.25, 0.3) is 0 Å². The van der Waals surface area contributed by atoms with Gasteiger partial charge in [-0.1, -0.05) is 45.9 Å². The molecular weight excluding hydrogens is 252 g/mol. The Bertz CT molecular complexity index is 641. The molecular formula is C16H22N2S. The summed E-state index contributed by atoms with van der Waals surface area (Å²) in [7, 11) is 0. The molecule has 19 heavy (non-hydrogen) atoms. The Hall–Kier alpha value is -1.35. The van der Waals surface area contributed by atoms with Crippen LogP contribution in [-0.4, -0.2) is 9.55 Å². The zero-order valence-corrected chi connectivity index (χ0v) is 13.2. The van der Waals surface area contributed by atoms with Gasteiger partial charge in [-0.3, -0.25) is 4.57 Å². The maximum atomic E-state index is 5.50. The molecule has 102 valence electrons. The smallest absolute Gasteiger partial charge is 0.182 e. The zero-order chi connectivity index (χ0) is 14.2. The van der Waals surface area contributed by atoms with Gasteiger partial charge in [-0.2, -0.15) is 0 Å². The van der Waals surface area contributed by atoms with Crippen LogP contribution >= 0.6 is 12.2 Å². The molecule has 0 radical (unpaired) electrons. The van der Waals surface area contributed by atoms with Crippen molar-refractivity contribution < 1.29 is 0 Å². The van der Waals surface area contributed by atoms with E-state index in [9.17, 15) is 0 Å². The van der Waals surface area contributed by atoms with E-state index < -0.39 is 0 Å². The third-order valence-corrected chi connectivity index (χ3v) is 3.77. The molecule has 0 aliphatic rings. The van der Waals surface area contributed by atoms with Crippen molar-refractivity contribution in [1.29, 1.82) is 0 Å². The highest BCUT2D eigenvalue weighted by Gasteiger charge is 2.21. The summed E-state index contributed by atoms with van der Waals surface area (Å²) in [5.41, 5.74) is 5.12. The van der Waals surface area contributed by atoms with E-state index in [-0.39, 0.29) is 5.41 Å². The number of aromatic amines is 1. The van der Waals surface area contributed by atoms with Crippen molar-refractivity contribution in [2.24, 2.45) is 0 Å². The number of nitrogens with one attached hydrogen (secondary N) is 1. The first kappa shape index (κ1) is 14.1. The summed E-state index contributed by atoms with van der Waals surface area (Å²) < 4.78 is 2.97. The van der Waals surface area contributed by atoms with Gasteiger partial charge >= 0.3 is 0 Å². The van der Waals surface area contributed by atoms with E-state index in [4.69, 9.17) is 12.2 Å². The molecule has 3 heteroatoms. The van der Waals surface area contributed by atoms with Crippen LogP contribution in [0.2, 0.25) is 0 Å². The Labute approximate surface area is 120 Å². The molecule has 0 aliphatic heterocycles. The third-order valence-electron chi connectivity index (χ3n) is 3.47. The fourth-order valence-electron chi connectivity index (χ4n) is 2.47. The SMILES string of the molecule is CCc1cccc(C)c1-n1c(C(C)(C)C)c[nH]c1=S. The van der Waals surface area contributed by atoms with Gasteiger partial charge in [-0.15, -0.1) is 0 Å². The van der Waals surface area contributed by atoms with Gasteiger partial charge in [0.1, 0.15) is 0 Å². The average Bonchev–Trinajstić information content (AvgIpc) is 2.70. The molecule has 0 amide bonds. The standard InChI is InChI=1S/C16H22N2S/c1-6-12-9-7-8-11(2)14(12)18-13(16(3,4)5)10-17-15(18)19/h7-10H,6H2,1-5H3,(H,17,19). The highest BCUT2D eigenvalue weighted by Crippen LogP contribution is 2.29. The number of nitrogens with zero attached hydrogens (tertiary/aromatic N) is 1. The molecule has 0 aliphatic carbocycles. The molecule has 1 aromatic carbocycles. The van der Waals surface area contributed by atoms with Crippen LogP contribution in [-0.2, 0) is 11.8 Å². The van der Waals surface area contributed by atoms with E-state index in [1.54, 1.807) is 0 Å². The number of hydrogen-bond acceptors (Lipinski definition) is 1. The Morgan fingerprint density at radius 3 is 2.53 bits per heavy atom. The molecule has 2 rings (SSSR count). The second-order valence-electron chi connectivity index (χ2n) is 6.00. The number of imidazole rings is 1. The Morgan fingerprint density at radius 1 is 1.26 bits per heavy atom. The number of benzene rings is 1. The van der Waals surface area contributed by atoms with Crippen molar-refractivity contribution in [3.05, 3.63) is 46.0 Å². The molecule has 0 bridgehead atoms. The number of hydrogen-bond donors (Lipinski definition) is 1. The highest BCUT2D eigenvalue weighted by molar-refractivity contribution is 7.71. The van der Waals surface area contributed by atoms with Crippen molar-refractivity contribution in [3.63, 3.8) is 0 Å². The molecule has 0 unspecified atom stereocenters. The maximum absolute atomic E-state index is 5.50. The van der Waals surface area contributed by atoms with Crippen LogP contribution in [0, 0.1) is 11.7 Å². The minimum Gasteiger partial charge on any atom is -0.337 e. The van der Waals surface area contributed by atoms with E-state index in [0.29, 0.717) is 0 Å². The van der Waals surface area contributed by atoms with Crippen LogP contribution in [0.5, 0.6) is 0 Å². The number of rotatable bonds is 2. The minimum atomic E-state index is 0.0564. The van der Waals surface area contributed by atoms with Crippen LogP contribution < -0.4 is 0 Å². The van der Waals surface area contributed by atoms with E-state index in [1.807, 2.05) is 6.20 Å². The molecule has 1 aromatic heterocycles. The van der Waals surface area contributed by atoms with E-state index in [1.165, 1.54) is 22.5 Å². The van der Waals surface area contributed by atoms with E-state index in [2.05, 4.69) is 62.4 Å². The molecule has 0 saturated carbocycles. The fraction of sp³-hybridized carbons (Fsp3) is 0.438. The number of para-hydroxylation sites is 1. The van der Waals surface area contributed by atoms with Gasteiger partial charge in [-0.05, 0) is 36.7 Å². The first-order valence-corrected chi connectivity index (χ1v) is 7.17. The van der Waals surface area contributed by atoms with Gasteiger partial charge in [0.05, 0.1) is 5.69 Å². The normalized spacial score (nSPS) is 11.8. The van der Waals surface area contributed by atoms with E-state index >= 15 is 0 Å². The van der Waals surface area contributed by atoms with Crippen LogP contribution in [0.3, 0.4) is 0 Å². The first-order chi connectivity index (χ1) is 8.86. The molecule has 0 fully saturated rings. The van der Waals surface area contributed by atoms with E-state index in [0.717, 1.165) is 11.2 Å². The lowest BCUT2D eigenvalue weighted by atomic mass is 9.92. The second-order valence-corrected chi connectivity index (χ2v) is 6.39. The number of aryl methyl sites for hydroxylation is 2. The fourth-order valence-corrected chi connectivity index (χ4v) is 2.72. The summed E-state index contributed by atoms with van der Waals surface area (Å²) in [5.74, 6) is 0. The van der Waals surface area contributed by atoms with Gasteiger partial charge in [0.15, 0.2) is 4.77 Å². The van der Waals surface area contributed by atoms with Crippen LogP contribution in [0.25, 0.3) is 5.69 Å². The number of aromatic nitrogens is 2. The predicted octanol–water partition coefficient (Wildman–Crippen LogP) is 4.70. The van der Waals surface area contributed by atoms with Gasteiger partial charge in [0, 0.05) is 17.3 Å². The maximum Gasteiger partial charge on any atom is 0.182 e. The molecule has 0 spiro atoms. The monoisotopic (exact) mass is 274 g/mol. The van der Waals surface area contributed by atoms with Crippen molar-refractivity contribution >= 4 is 12.2 Å². The molecule has 2 nitrogen and oxygen atoms in total. The predicted molar refractivity (Wildman–Crippen MR) is 83.8 cm³/mol. The molecule has 0 atom stereocenters. The average molecular weight is 274 g/mol. The van der Waals surface area contributed by atoms with Crippen molar-refractivity contribution in [2.45, 2.75) is 46.5 Å². The Kier molecular flexibility index (Phi) is 3.68. The lowest BCUT2D eigenvalue weighted by Gasteiger charge is -2.23. The third kappa shape index (κ3) is 2.52. The van der Waals surface area contributed by atoms with Crippen LogP contribution in [0.15, 0.2) is 24.4 Å². The largest absolute Gasteiger partial charge is 0.337 e. The van der Waals surface area contributed by atoms with Crippen molar-refractivity contribution in [2.75, 3.05) is 0 Å². The second kappa shape index (κ2) is 4.97. The lowest BCUT2D eigenvalue weighted by Crippen LogP contribution is -2.18. The summed E-state index contributed by atoms with van der Waals surface area (Å²) in [4.78, 5) is 3.20. The zero-order valence-electron chi connectivity index (χ0n) is 12.4. The van der Waals surface area contributed by atoms with Crippen LogP contribution in [0.4, 0.5) is 0 Å². The van der Waals surface area contributed by atoms with Gasteiger partial charge in [0.2, 0.25) is 0 Å².